The monoisotopic (exact) mass is 424 g/mol. The Kier molecular flexibility index (Phi) is 7.41. The summed E-state index contributed by atoms with van der Waals surface area (Å²) in [7, 11) is 8.06. The Bertz CT molecular complexity index is 1210. The number of nitrogens with zero attached hydrogens (tertiary/aromatic N) is 3. The first kappa shape index (κ1) is 23.6. The van der Waals surface area contributed by atoms with Crippen molar-refractivity contribution in [1.82, 2.24) is 24.7 Å². The fraction of sp³-hybridized carbons (Fsp3) is 0.381. The van der Waals surface area contributed by atoms with Crippen LogP contribution in [0.25, 0.3) is 33.5 Å². The molecule has 3 N–H and O–H groups in total. The van der Waals surface area contributed by atoms with Gasteiger partial charge in [-0.25, -0.2) is 4.98 Å². The van der Waals surface area contributed by atoms with Gasteiger partial charge in [-0.2, -0.15) is 18.6 Å². The average molecular weight is 424 g/mol. The molecule has 0 aliphatic rings. The standard InChI is InChI=1S/C19H21BN6O.C2H6.H2S/c1-9(2)17(20)24-16-14(19(27)23-13-8-26(4)25-15(13)16)18-21-11-6-5-10(3)7-12(11)22-18;1-2;/h5-9,17,24H,1-4H3,(H,21,22)(H,23,27);1-2H3;1H2. The lowest BCUT2D eigenvalue weighted by Crippen LogP contribution is -2.27. The average Bonchev–Trinajstić information content (AvgIpc) is 3.25. The molecule has 7 nitrogen and oxygen atoms in total. The van der Waals surface area contributed by atoms with E-state index in [1.807, 2.05) is 59.9 Å². The van der Waals surface area contributed by atoms with Crippen molar-refractivity contribution in [2.45, 2.75) is 40.6 Å². The van der Waals surface area contributed by atoms with Crippen molar-refractivity contribution < 1.29 is 0 Å². The van der Waals surface area contributed by atoms with Gasteiger partial charge in [0, 0.05) is 13.2 Å². The molecular formula is C21H29BN6OS. The molecule has 0 bridgehead atoms. The summed E-state index contributed by atoms with van der Waals surface area (Å²) >= 11 is 0. The van der Waals surface area contributed by atoms with Crippen molar-refractivity contribution >= 4 is 49.1 Å². The highest BCUT2D eigenvalue weighted by Gasteiger charge is 2.21. The van der Waals surface area contributed by atoms with Crippen molar-refractivity contribution in [3.63, 3.8) is 0 Å². The SMILES string of the molecule is CC.S.[B]C(Nc1c(-c2nc3ccc(C)cc3[nH]2)c(=O)[nH]c2cn(C)nc12)C(C)C. The molecule has 0 amide bonds. The summed E-state index contributed by atoms with van der Waals surface area (Å²) in [5.74, 6) is 0.333. The van der Waals surface area contributed by atoms with Crippen molar-refractivity contribution in [3.8, 4) is 11.4 Å². The van der Waals surface area contributed by atoms with Gasteiger partial charge >= 0.3 is 0 Å². The second-order valence-corrected chi connectivity index (χ2v) is 7.29. The molecule has 2 radical (unpaired) electrons. The second kappa shape index (κ2) is 9.42. The van der Waals surface area contributed by atoms with Gasteiger partial charge < -0.3 is 15.3 Å². The Morgan fingerprint density at radius 3 is 2.53 bits per heavy atom. The molecule has 3 aromatic heterocycles. The fourth-order valence-electron chi connectivity index (χ4n) is 3.12. The maximum atomic E-state index is 12.9. The number of aromatic nitrogens is 5. The predicted octanol–water partition coefficient (Wildman–Crippen LogP) is 3.81. The first-order chi connectivity index (χ1) is 13.8. The van der Waals surface area contributed by atoms with Crippen LogP contribution in [0.4, 0.5) is 5.69 Å². The summed E-state index contributed by atoms with van der Waals surface area (Å²) in [6.07, 6.45) is 1.77. The second-order valence-electron chi connectivity index (χ2n) is 7.29. The molecule has 1 atom stereocenters. The van der Waals surface area contributed by atoms with Crippen molar-refractivity contribution in [1.29, 1.82) is 0 Å². The number of nitrogens with one attached hydrogen (secondary N) is 3. The highest BCUT2D eigenvalue weighted by molar-refractivity contribution is 7.59. The summed E-state index contributed by atoms with van der Waals surface area (Å²) in [5, 5.41) is 7.79. The largest absolute Gasteiger partial charge is 0.388 e. The van der Waals surface area contributed by atoms with Gasteiger partial charge in [0.1, 0.15) is 16.9 Å². The van der Waals surface area contributed by atoms with E-state index in [0.717, 1.165) is 16.6 Å². The quantitative estimate of drug-likeness (QED) is 0.435. The normalized spacial score (nSPS) is 11.8. The number of pyridine rings is 1. The number of hydrogen-bond acceptors (Lipinski definition) is 4. The number of imidazole rings is 1. The number of benzene rings is 1. The number of aromatic amines is 2. The fourth-order valence-corrected chi connectivity index (χ4v) is 3.12. The summed E-state index contributed by atoms with van der Waals surface area (Å²) < 4.78 is 1.67. The highest BCUT2D eigenvalue weighted by Crippen LogP contribution is 2.31. The van der Waals surface area contributed by atoms with Crippen LogP contribution in [0.3, 0.4) is 0 Å². The Labute approximate surface area is 184 Å². The van der Waals surface area contributed by atoms with Gasteiger partial charge in [-0.15, -0.1) is 0 Å². The molecule has 30 heavy (non-hydrogen) atoms. The van der Waals surface area contributed by atoms with Crippen LogP contribution >= 0.6 is 13.5 Å². The van der Waals surface area contributed by atoms with Crippen molar-refractivity contribution in [3.05, 3.63) is 40.3 Å². The van der Waals surface area contributed by atoms with E-state index in [2.05, 4.69) is 25.4 Å². The lowest BCUT2D eigenvalue weighted by molar-refractivity contribution is 0.643. The van der Waals surface area contributed by atoms with Gasteiger partial charge in [-0.05, 0) is 36.5 Å². The third-order valence-corrected chi connectivity index (χ3v) is 4.69. The minimum Gasteiger partial charge on any atom is -0.388 e. The number of hydrogen-bond donors (Lipinski definition) is 3. The molecular weight excluding hydrogens is 395 g/mol. The number of rotatable bonds is 4. The molecule has 158 valence electrons. The minimum atomic E-state index is -0.331. The predicted molar refractivity (Wildman–Crippen MR) is 131 cm³/mol. The zero-order chi connectivity index (χ0) is 21.3. The third kappa shape index (κ3) is 4.40. The highest BCUT2D eigenvalue weighted by atomic mass is 32.1. The van der Waals surface area contributed by atoms with Gasteiger partial charge in [-0.3, -0.25) is 9.48 Å². The molecule has 0 aliphatic heterocycles. The van der Waals surface area contributed by atoms with E-state index in [0.29, 0.717) is 28.1 Å². The molecule has 4 aromatic rings. The van der Waals surface area contributed by atoms with Crippen LogP contribution in [0.5, 0.6) is 0 Å². The Hall–Kier alpha value is -2.68. The van der Waals surface area contributed by atoms with Crippen LogP contribution in [0, 0.1) is 12.8 Å². The number of aryl methyl sites for hydroxylation is 2. The van der Waals surface area contributed by atoms with Crippen LogP contribution in [0.1, 0.15) is 33.3 Å². The molecule has 0 spiro atoms. The maximum Gasteiger partial charge on any atom is 0.261 e. The molecule has 0 saturated heterocycles. The Morgan fingerprint density at radius 2 is 1.87 bits per heavy atom. The summed E-state index contributed by atoms with van der Waals surface area (Å²) in [5.41, 5.74) is 4.85. The summed E-state index contributed by atoms with van der Waals surface area (Å²) in [6, 6.07) is 5.93. The third-order valence-electron chi connectivity index (χ3n) is 4.69. The Morgan fingerprint density at radius 1 is 1.17 bits per heavy atom. The van der Waals surface area contributed by atoms with E-state index in [9.17, 15) is 4.79 Å². The van der Waals surface area contributed by atoms with Gasteiger partial charge in [0.15, 0.2) is 0 Å². The molecule has 0 fully saturated rings. The van der Waals surface area contributed by atoms with Crippen molar-refractivity contribution in [2.75, 3.05) is 5.32 Å². The van der Waals surface area contributed by atoms with E-state index in [4.69, 9.17) is 7.85 Å². The Balaban J connectivity index is 0.00000104. The number of H-pyrrole nitrogens is 2. The maximum absolute atomic E-state index is 12.9. The van der Waals surface area contributed by atoms with Crippen LogP contribution in [-0.4, -0.2) is 38.5 Å². The molecule has 4 rings (SSSR count). The van der Waals surface area contributed by atoms with Crippen molar-refractivity contribution in [2.24, 2.45) is 13.0 Å². The van der Waals surface area contributed by atoms with E-state index in [1.54, 1.807) is 10.9 Å². The summed E-state index contributed by atoms with van der Waals surface area (Å²) in [6.45, 7) is 10.1. The minimum absolute atomic E-state index is 0. The van der Waals surface area contributed by atoms with E-state index in [1.165, 1.54) is 0 Å². The summed E-state index contributed by atoms with van der Waals surface area (Å²) in [4.78, 5) is 23.7. The van der Waals surface area contributed by atoms with Gasteiger partial charge in [0.2, 0.25) is 0 Å². The molecule has 0 aliphatic carbocycles. The van der Waals surface area contributed by atoms with Gasteiger partial charge in [0.25, 0.3) is 5.56 Å². The number of anilines is 1. The molecule has 1 aromatic carbocycles. The zero-order valence-corrected chi connectivity index (χ0v) is 19.3. The van der Waals surface area contributed by atoms with Crippen LogP contribution in [-0.2, 0) is 7.05 Å². The molecule has 1 unspecified atom stereocenters. The first-order valence-electron chi connectivity index (χ1n) is 9.92. The van der Waals surface area contributed by atoms with Crippen LogP contribution in [0.2, 0.25) is 0 Å². The van der Waals surface area contributed by atoms with Gasteiger partial charge in [-0.1, -0.05) is 33.8 Å². The molecule has 3 heterocycles. The molecule has 9 heteroatoms. The van der Waals surface area contributed by atoms with E-state index < -0.39 is 0 Å². The number of fused-ring (bicyclic) bond motifs is 2. The van der Waals surface area contributed by atoms with E-state index in [-0.39, 0.29) is 30.9 Å². The van der Waals surface area contributed by atoms with Gasteiger partial charge in [0.05, 0.1) is 30.1 Å². The zero-order valence-electron chi connectivity index (χ0n) is 18.3. The topological polar surface area (TPSA) is 91.4 Å². The lowest BCUT2D eigenvalue weighted by atomic mass is 9.85. The molecule has 0 saturated carbocycles. The smallest absolute Gasteiger partial charge is 0.261 e. The first-order valence-corrected chi connectivity index (χ1v) is 9.92. The van der Waals surface area contributed by atoms with E-state index >= 15 is 0 Å². The van der Waals surface area contributed by atoms with Crippen LogP contribution < -0.4 is 10.9 Å². The lowest BCUT2D eigenvalue weighted by Gasteiger charge is -2.21. The van der Waals surface area contributed by atoms with Crippen LogP contribution in [0.15, 0.2) is 29.2 Å².